The van der Waals surface area contributed by atoms with Gasteiger partial charge in [-0.15, -0.1) is 0 Å². The second-order valence-electron chi connectivity index (χ2n) is 8.26. The number of benzene rings is 3. The first-order valence-electron chi connectivity index (χ1n) is 10.9. The van der Waals surface area contributed by atoms with Gasteiger partial charge in [-0.2, -0.15) is 0 Å². The molecule has 0 aliphatic carbocycles. The lowest BCUT2D eigenvalue weighted by Gasteiger charge is -2.30. The zero-order chi connectivity index (χ0) is 23.4. The number of rotatable bonds is 8. The molecule has 33 heavy (non-hydrogen) atoms. The van der Waals surface area contributed by atoms with Crippen molar-refractivity contribution in [1.82, 2.24) is 4.90 Å². The normalized spacial score (nSPS) is 17.2. The summed E-state index contributed by atoms with van der Waals surface area (Å²) >= 11 is 0. The zero-order valence-electron chi connectivity index (χ0n) is 18.9. The van der Waals surface area contributed by atoms with Gasteiger partial charge in [0.25, 0.3) is 5.69 Å². The molecule has 1 aliphatic rings. The van der Waals surface area contributed by atoms with Crippen LogP contribution in [-0.2, 0) is 4.74 Å². The molecule has 0 spiro atoms. The molecule has 0 bridgehead atoms. The number of non-ortho nitro benzene ring substituents is 1. The van der Waals surface area contributed by atoms with E-state index in [1.807, 2.05) is 74.8 Å². The molecular weight excluding hydrogens is 418 g/mol. The highest BCUT2D eigenvalue weighted by Gasteiger charge is 2.29. The highest BCUT2D eigenvalue weighted by Crippen LogP contribution is 2.34. The summed E-state index contributed by atoms with van der Waals surface area (Å²) in [6, 6.07) is 24.2. The van der Waals surface area contributed by atoms with Crippen molar-refractivity contribution in [2.75, 3.05) is 20.7 Å². The Morgan fingerprint density at radius 1 is 1.06 bits per heavy atom. The van der Waals surface area contributed by atoms with Crippen LogP contribution in [0.15, 0.2) is 83.9 Å². The summed E-state index contributed by atoms with van der Waals surface area (Å²) in [5, 5.41) is 11.5. The standard InChI is InChI=1S/C26H27N3O4/c1-18(28(2)3)25(20-12-8-5-9-13-20)33-24-15-14-21(29(30)31)16-22(24)26-27-23(17-32-26)19-10-6-4-7-11-19/h4-16,18,23,25H,17H2,1-3H3/t18-,23+,25+/m1/s1. The van der Waals surface area contributed by atoms with Gasteiger partial charge in [-0.05, 0) is 38.2 Å². The van der Waals surface area contributed by atoms with Crippen molar-refractivity contribution >= 4 is 11.6 Å². The Kier molecular flexibility index (Phi) is 6.70. The van der Waals surface area contributed by atoms with Gasteiger partial charge in [0.1, 0.15) is 24.5 Å². The number of hydrogen-bond donors (Lipinski definition) is 0. The van der Waals surface area contributed by atoms with Gasteiger partial charge in [-0.3, -0.25) is 10.1 Å². The first-order chi connectivity index (χ1) is 15.9. The Hall–Kier alpha value is -3.71. The van der Waals surface area contributed by atoms with E-state index in [4.69, 9.17) is 14.5 Å². The van der Waals surface area contributed by atoms with Crippen molar-refractivity contribution < 1.29 is 14.4 Å². The smallest absolute Gasteiger partial charge is 0.270 e. The maximum atomic E-state index is 11.5. The predicted molar refractivity (Wildman–Crippen MR) is 128 cm³/mol. The minimum Gasteiger partial charge on any atom is -0.483 e. The van der Waals surface area contributed by atoms with E-state index >= 15 is 0 Å². The van der Waals surface area contributed by atoms with Gasteiger partial charge in [-0.25, -0.2) is 4.99 Å². The number of aliphatic imine (C=N–C) groups is 1. The molecule has 0 saturated carbocycles. The lowest BCUT2D eigenvalue weighted by Crippen LogP contribution is -2.34. The largest absolute Gasteiger partial charge is 0.483 e. The summed E-state index contributed by atoms with van der Waals surface area (Å²) in [6.07, 6.45) is -0.298. The van der Waals surface area contributed by atoms with Crippen LogP contribution < -0.4 is 4.74 Å². The first-order valence-corrected chi connectivity index (χ1v) is 10.9. The number of likely N-dealkylation sites (N-methyl/N-ethyl adjacent to an activating group) is 1. The van der Waals surface area contributed by atoms with Crippen molar-refractivity contribution in [2.45, 2.75) is 25.1 Å². The summed E-state index contributed by atoms with van der Waals surface area (Å²) in [4.78, 5) is 17.9. The van der Waals surface area contributed by atoms with Crippen LogP contribution in [0, 0.1) is 10.1 Å². The van der Waals surface area contributed by atoms with Crippen LogP contribution >= 0.6 is 0 Å². The van der Waals surface area contributed by atoms with Crippen LogP contribution in [0.2, 0.25) is 0 Å². The van der Waals surface area contributed by atoms with E-state index in [1.165, 1.54) is 12.1 Å². The summed E-state index contributed by atoms with van der Waals surface area (Å²) in [5.41, 5.74) is 2.49. The monoisotopic (exact) mass is 445 g/mol. The molecule has 0 amide bonds. The third kappa shape index (κ3) is 5.04. The SMILES string of the molecule is C[C@H]([C@H](Oc1ccc([N+](=O)[O-])cc1C1=N[C@H](c2ccccc2)CO1)c1ccccc1)N(C)C. The maximum absolute atomic E-state index is 11.5. The second-order valence-corrected chi connectivity index (χ2v) is 8.26. The number of nitrogens with zero attached hydrogens (tertiary/aromatic N) is 3. The average molecular weight is 446 g/mol. The van der Waals surface area contributed by atoms with Gasteiger partial charge in [-0.1, -0.05) is 60.7 Å². The molecule has 170 valence electrons. The fourth-order valence-electron chi connectivity index (χ4n) is 3.76. The van der Waals surface area contributed by atoms with E-state index in [-0.39, 0.29) is 23.9 Å². The number of nitro groups is 1. The molecule has 0 unspecified atom stereocenters. The lowest BCUT2D eigenvalue weighted by atomic mass is 10.0. The van der Waals surface area contributed by atoms with E-state index in [9.17, 15) is 10.1 Å². The molecule has 1 aliphatic heterocycles. The summed E-state index contributed by atoms with van der Waals surface area (Å²) in [5.74, 6) is 0.850. The van der Waals surface area contributed by atoms with Crippen molar-refractivity contribution in [2.24, 2.45) is 4.99 Å². The Balaban J connectivity index is 1.73. The van der Waals surface area contributed by atoms with Gasteiger partial charge in [0.05, 0.1) is 10.5 Å². The van der Waals surface area contributed by atoms with Crippen LogP contribution in [0.1, 0.15) is 35.8 Å². The molecule has 3 atom stereocenters. The first kappa shape index (κ1) is 22.5. The Labute approximate surface area is 193 Å². The van der Waals surface area contributed by atoms with Crippen molar-refractivity contribution in [3.05, 3.63) is 106 Å². The Morgan fingerprint density at radius 3 is 2.36 bits per heavy atom. The molecule has 7 heteroatoms. The summed E-state index contributed by atoms with van der Waals surface area (Å²) in [7, 11) is 3.99. The van der Waals surface area contributed by atoms with Crippen molar-refractivity contribution in [3.8, 4) is 5.75 Å². The maximum Gasteiger partial charge on any atom is 0.270 e. The molecule has 0 radical (unpaired) electrons. The molecular formula is C26H27N3O4. The molecule has 4 rings (SSSR count). The third-order valence-electron chi connectivity index (χ3n) is 5.87. The molecule has 0 aromatic heterocycles. The highest BCUT2D eigenvalue weighted by atomic mass is 16.6. The van der Waals surface area contributed by atoms with E-state index in [1.54, 1.807) is 6.07 Å². The fraction of sp³-hybridized carbons (Fsp3) is 0.269. The van der Waals surface area contributed by atoms with Crippen LogP contribution in [0.4, 0.5) is 5.69 Å². The van der Waals surface area contributed by atoms with E-state index in [0.717, 1.165) is 11.1 Å². The molecule has 3 aromatic carbocycles. The summed E-state index contributed by atoms with van der Waals surface area (Å²) < 4.78 is 12.4. The zero-order valence-corrected chi connectivity index (χ0v) is 18.9. The van der Waals surface area contributed by atoms with Gasteiger partial charge in [0.15, 0.2) is 0 Å². The van der Waals surface area contributed by atoms with Crippen LogP contribution in [0.3, 0.4) is 0 Å². The van der Waals surface area contributed by atoms with Gasteiger partial charge in [0, 0.05) is 18.2 Å². The van der Waals surface area contributed by atoms with E-state index in [2.05, 4.69) is 11.8 Å². The van der Waals surface area contributed by atoms with Gasteiger partial charge in [0.2, 0.25) is 5.90 Å². The molecule has 0 N–H and O–H groups in total. The third-order valence-corrected chi connectivity index (χ3v) is 5.87. The van der Waals surface area contributed by atoms with Gasteiger partial charge >= 0.3 is 0 Å². The minimum atomic E-state index is -0.422. The number of nitro benzene ring substituents is 1. The molecule has 0 fully saturated rings. The molecule has 7 nitrogen and oxygen atoms in total. The topological polar surface area (TPSA) is 77.2 Å². The van der Waals surface area contributed by atoms with E-state index < -0.39 is 4.92 Å². The molecule has 3 aromatic rings. The predicted octanol–water partition coefficient (Wildman–Crippen LogP) is 5.18. The quantitative estimate of drug-likeness (QED) is 0.353. The lowest BCUT2D eigenvalue weighted by molar-refractivity contribution is -0.384. The molecule has 1 heterocycles. The van der Waals surface area contributed by atoms with Crippen LogP contribution in [0.5, 0.6) is 5.75 Å². The summed E-state index contributed by atoms with van der Waals surface area (Å²) in [6.45, 7) is 2.45. The Morgan fingerprint density at radius 2 is 1.73 bits per heavy atom. The van der Waals surface area contributed by atoms with Gasteiger partial charge < -0.3 is 14.4 Å². The van der Waals surface area contributed by atoms with Crippen LogP contribution in [-0.4, -0.2) is 42.5 Å². The Bertz CT molecular complexity index is 1130. The van der Waals surface area contributed by atoms with E-state index in [0.29, 0.717) is 23.8 Å². The highest BCUT2D eigenvalue weighted by molar-refractivity contribution is 5.98. The second kappa shape index (κ2) is 9.83. The number of hydrogen-bond acceptors (Lipinski definition) is 6. The molecule has 0 saturated heterocycles. The minimum absolute atomic E-state index is 0.0382. The average Bonchev–Trinajstić information content (AvgIpc) is 3.33. The van der Waals surface area contributed by atoms with Crippen molar-refractivity contribution in [1.29, 1.82) is 0 Å². The number of ether oxygens (including phenoxy) is 2. The van der Waals surface area contributed by atoms with Crippen molar-refractivity contribution in [3.63, 3.8) is 0 Å². The fourth-order valence-corrected chi connectivity index (χ4v) is 3.76. The van der Waals surface area contributed by atoms with Crippen LogP contribution in [0.25, 0.3) is 0 Å².